The molecule has 18 heavy (non-hydrogen) atoms. The Morgan fingerprint density at radius 3 is 2.56 bits per heavy atom. The third-order valence-electron chi connectivity index (χ3n) is 3.34. The Hall–Kier alpha value is -1.42. The molecule has 4 heteroatoms. The first-order valence-electron chi connectivity index (χ1n) is 6.31. The molecule has 0 heterocycles. The second kappa shape index (κ2) is 5.48. The van der Waals surface area contributed by atoms with Crippen molar-refractivity contribution in [2.75, 3.05) is 0 Å². The molecule has 0 atom stereocenters. The molecule has 1 aromatic carbocycles. The summed E-state index contributed by atoms with van der Waals surface area (Å²) in [5.74, 6) is -0.627. The molecule has 98 valence electrons. The fourth-order valence-electron chi connectivity index (χ4n) is 2.36. The number of halogens is 1. The average Bonchev–Trinajstić information content (AvgIpc) is 2.31. The highest BCUT2D eigenvalue weighted by atomic mass is 19.1. The minimum absolute atomic E-state index is 0.0875. The van der Waals surface area contributed by atoms with Crippen molar-refractivity contribution in [2.45, 2.75) is 44.8 Å². The van der Waals surface area contributed by atoms with E-state index in [9.17, 15) is 14.3 Å². The van der Waals surface area contributed by atoms with Crippen molar-refractivity contribution >= 4 is 5.91 Å². The minimum Gasteiger partial charge on any atom is -0.393 e. The van der Waals surface area contributed by atoms with Crippen molar-refractivity contribution in [3.8, 4) is 0 Å². The van der Waals surface area contributed by atoms with E-state index >= 15 is 0 Å². The maximum Gasteiger partial charge on any atom is 0.251 e. The van der Waals surface area contributed by atoms with Crippen LogP contribution in [0.15, 0.2) is 18.2 Å². The van der Waals surface area contributed by atoms with Crippen LogP contribution in [0.3, 0.4) is 0 Å². The molecule has 1 aliphatic rings. The van der Waals surface area contributed by atoms with Gasteiger partial charge >= 0.3 is 0 Å². The first-order valence-corrected chi connectivity index (χ1v) is 6.31. The highest BCUT2D eigenvalue weighted by Crippen LogP contribution is 2.19. The maximum absolute atomic E-state index is 13.2. The summed E-state index contributed by atoms with van der Waals surface area (Å²) >= 11 is 0. The smallest absolute Gasteiger partial charge is 0.251 e. The van der Waals surface area contributed by atoms with Crippen molar-refractivity contribution in [1.82, 2.24) is 5.32 Å². The van der Waals surface area contributed by atoms with Crippen LogP contribution in [0.4, 0.5) is 4.39 Å². The third kappa shape index (κ3) is 3.29. The summed E-state index contributed by atoms with van der Waals surface area (Å²) in [5, 5.41) is 12.3. The summed E-state index contributed by atoms with van der Waals surface area (Å²) in [5.41, 5.74) is 1.10. The van der Waals surface area contributed by atoms with E-state index in [1.807, 2.05) is 0 Å². The van der Waals surface area contributed by atoms with Gasteiger partial charge in [0.05, 0.1) is 6.10 Å². The molecule has 1 saturated carbocycles. The zero-order valence-corrected chi connectivity index (χ0v) is 10.4. The first-order chi connectivity index (χ1) is 8.54. The van der Waals surface area contributed by atoms with Gasteiger partial charge in [-0.25, -0.2) is 4.39 Å². The highest BCUT2D eigenvalue weighted by Gasteiger charge is 2.21. The van der Waals surface area contributed by atoms with Gasteiger partial charge in [0.15, 0.2) is 0 Å². The van der Waals surface area contributed by atoms with Gasteiger partial charge in [-0.2, -0.15) is 0 Å². The standard InChI is InChI=1S/C14H18FNO2/c1-9-6-10(8-11(15)7-9)14(18)16-12-2-4-13(17)5-3-12/h6-8,12-13,17H,2-5H2,1H3,(H,16,18). The average molecular weight is 251 g/mol. The van der Waals surface area contributed by atoms with Gasteiger partial charge in [-0.15, -0.1) is 0 Å². The number of hydrogen-bond acceptors (Lipinski definition) is 2. The Morgan fingerprint density at radius 1 is 1.28 bits per heavy atom. The topological polar surface area (TPSA) is 49.3 Å². The molecule has 0 radical (unpaired) electrons. The van der Waals surface area contributed by atoms with Crippen LogP contribution in [-0.2, 0) is 0 Å². The summed E-state index contributed by atoms with van der Waals surface area (Å²) in [6.45, 7) is 1.76. The largest absolute Gasteiger partial charge is 0.393 e. The van der Waals surface area contributed by atoms with E-state index in [2.05, 4.69) is 5.32 Å². The fraction of sp³-hybridized carbons (Fsp3) is 0.500. The lowest BCUT2D eigenvalue weighted by molar-refractivity contribution is 0.0867. The molecule has 1 fully saturated rings. The number of carbonyl (C=O) groups excluding carboxylic acids is 1. The first kappa shape index (κ1) is 13.0. The lowest BCUT2D eigenvalue weighted by Crippen LogP contribution is -2.38. The predicted octanol–water partition coefficient (Wildman–Crippen LogP) is 2.17. The molecule has 0 spiro atoms. The summed E-state index contributed by atoms with van der Waals surface area (Å²) < 4.78 is 13.2. The summed E-state index contributed by atoms with van der Waals surface area (Å²) in [7, 11) is 0. The van der Waals surface area contributed by atoms with Crippen LogP contribution >= 0.6 is 0 Å². The molecule has 2 N–H and O–H groups in total. The Balaban J connectivity index is 1.99. The number of benzene rings is 1. The number of amides is 1. The lowest BCUT2D eigenvalue weighted by atomic mass is 9.93. The van der Waals surface area contributed by atoms with Crippen LogP contribution in [0.1, 0.15) is 41.6 Å². The van der Waals surface area contributed by atoms with E-state index in [4.69, 9.17) is 0 Å². The Labute approximate surface area is 106 Å². The van der Waals surface area contributed by atoms with Gasteiger partial charge in [-0.05, 0) is 56.4 Å². The number of carbonyl (C=O) groups is 1. The van der Waals surface area contributed by atoms with E-state index < -0.39 is 0 Å². The molecule has 2 rings (SSSR count). The molecule has 1 amide bonds. The molecule has 3 nitrogen and oxygen atoms in total. The van der Waals surface area contributed by atoms with Gasteiger partial charge in [0.1, 0.15) is 5.82 Å². The number of hydrogen-bond donors (Lipinski definition) is 2. The second-order valence-electron chi connectivity index (χ2n) is 5.00. The molecular weight excluding hydrogens is 233 g/mol. The molecule has 0 saturated heterocycles. The van der Waals surface area contributed by atoms with E-state index in [1.165, 1.54) is 12.1 Å². The number of aliphatic hydroxyl groups excluding tert-OH is 1. The van der Waals surface area contributed by atoms with Crippen molar-refractivity contribution in [2.24, 2.45) is 0 Å². The molecule has 1 aromatic rings. The van der Waals surface area contributed by atoms with Gasteiger partial charge in [-0.1, -0.05) is 0 Å². The van der Waals surface area contributed by atoms with Gasteiger partial charge in [0, 0.05) is 11.6 Å². The summed E-state index contributed by atoms with van der Waals surface area (Å²) in [6, 6.07) is 4.41. The Kier molecular flexibility index (Phi) is 3.97. The summed E-state index contributed by atoms with van der Waals surface area (Å²) in [6.07, 6.45) is 2.75. The normalized spacial score (nSPS) is 23.7. The van der Waals surface area contributed by atoms with Crippen LogP contribution in [0.25, 0.3) is 0 Å². The third-order valence-corrected chi connectivity index (χ3v) is 3.34. The van der Waals surface area contributed by atoms with Crippen molar-refractivity contribution in [3.05, 3.63) is 35.1 Å². The van der Waals surface area contributed by atoms with Crippen molar-refractivity contribution < 1.29 is 14.3 Å². The van der Waals surface area contributed by atoms with Gasteiger partial charge in [0.25, 0.3) is 5.91 Å². The predicted molar refractivity (Wildman–Crippen MR) is 66.9 cm³/mol. The van der Waals surface area contributed by atoms with Gasteiger partial charge in [-0.3, -0.25) is 4.79 Å². The van der Waals surface area contributed by atoms with Crippen LogP contribution in [0.5, 0.6) is 0 Å². The quantitative estimate of drug-likeness (QED) is 0.846. The zero-order valence-electron chi connectivity index (χ0n) is 10.4. The molecular formula is C14H18FNO2. The number of rotatable bonds is 2. The van der Waals surface area contributed by atoms with E-state index in [0.29, 0.717) is 18.4 Å². The Bertz CT molecular complexity index is 419. The van der Waals surface area contributed by atoms with Crippen LogP contribution in [-0.4, -0.2) is 23.2 Å². The van der Waals surface area contributed by atoms with E-state index in [1.54, 1.807) is 13.0 Å². The molecule has 0 unspecified atom stereocenters. The Morgan fingerprint density at radius 2 is 1.94 bits per heavy atom. The van der Waals surface area contributed by atoms with Crippen LogP contribution in [0, 0.1) is 12.7 Å². The monoisotopic (exact) mass is 251 g/mol. The zero-order chi connectivity index (χ0) is 13.1. The number of nitrogens with one attached hydrogen (secondary N) is 1. The molecule has 0 aliphatic heterocycles. The molecule has 0 aromatic heterocycles. The number of aliphatic hydroxyl groups is 1. The SMILES string of the molecule is Cc1cc(F)cc(C(=O)NC2CCC(O)CC2)c1. The van der Waals surface area contributed by atoms with Crippen molar-refractivity contribution in [1.29, 1.82) is 0 Å². The highest BCUT2D eigenvalue weighted by molar-refractivity contribution is 5.94. The lowest BCUT2D eigenvalue weighted by Gasteiger charge is -2.26. The molecule has 1 aliphatic carbocycles. The minimum atomic E-state index is -0.390. The van der Waals surface area contributed by atoms with Crippen LogP contribution < -0.4 is 5.32 Å². The van der Waals surface area contributed by atoms with Crippen molar-refractivity contribution in [3.63, 3.8) is 0 Å². The van der Waals surface area contributed by atoms with E-state index in [0.717, 1.165) is 18.4 Å². The van der Waals surface area contributed by atoms with Gasteiger partial charge in [0.2, 0.25) is 0 Å². The number of aryl methyl sites for hydroxylation is 1. The van der Waals surface area contributed by atoms with Gasteiger partial charge < -0.3 is 10.4 Å². The second-order valence-corrected chi connectivity index (χ2v) is 5.00. The fourth-order valence-corrected chi connectivity index (χ4v) is 2.36. The van der Waals surface area contributed by atoms with Crippen LogP contribution in [0.2, 0.25) is 0 Å². The molecule has 0 bridgehead atoms. The van der Waals surface area contributed by atoms with E-state index in [-0.39, 0.29) is 23.9 Å². The summed E-state index contributed by atoms with van der Waals surface area (Å²) in [4.78, 5) is 12.0. The maximum atomic E-state index is 13.2.